The van der Waals surface area contributed by atoms with Crippen LogP contribution in [0.5, 0.6) is 0 Å². The van der Waals surface area contributed by atoms with Crippen molar-refractivity contribution in [3.63, 3.8) is 0 Å². The summed E-state index contributed by atoms with van der Waals surface area (Å²) in [5.41, 5.74) is -1.76. The second-order valence-corrected chi connectivity index (χ2v) is 5.73. The van der Waals surface area contributed by atoms with Crippen LogP contribution >= 0.6 is 0 Å². The molecular formula is C16H13F2N3O4. The lowest BCUT2D eigenvalue weighted by Crippen LogP contribution is -2.29. The Morgan fingerprint density at radius 1 is 1.32 bits per heavy atom. The van der Waals surface area contributed by atoms with Gasteiger partial charge in [-0.25, -0.2) is 8.78 Å². The monoisotopic (exact) mass is 349 g/mol. The second-order valence-electron chi connectivity index (χ2n) is 5.73. The minimum Gasteiger partial charge on any atom is -0.338 e. The third kappa shape index (κ3) is 3.12. The first kappa shape index (κ1) is 16.7. The highest BCUT2D eigenvalue weighted by Gasteiger charge is 2.32. The number of hydrogen-bond donors (Lipinski definition) is 1. The standard InChI is InChI=1S/C16H13F2N3O4/c17-11-2-1-3-12(18)14(11)9-4-5-20(8-9)16(23)10-6-13(21(24)25)15(22)19-7-10/h1-3,6-7,9H,4-5,8H2,(H,19,22)/t9-/m0/s1. The molecule has 1 aromatic heterocycles. The Morgan fingerprint density at radius 3 is 2.64 bits per heavy atom. The predicted molar refractivity (Wildman–Crippen MR) is 83.3 cm³/mol. The summed E-state index contributed by atoms with van der Waals surface area (Å²) in [6.45, 7) is 0.341. The number of nitrogens with zero attached hydrogens (tertiary/aromatic N) is 2. The van der Waals surface area contributed by atoms with Crippen LogP contribution in [0.1, 0.15) is 28.3 Å². The summed E-state index contributed by atoms with van der Waals surface area (Å²) < 4.78 is 27.8. The van der Waals surface area contributed by atoms with Gasteiger partial charge in [0, 0.05) is 36.8 Å². The van der Waals surface area contributed by atoms with E-state index in [9.17, 15) is 28.5 Å². The molecule has 0 aliphatic carbocycles. The zero-order valence-corrected chi connectivity index (χ0v) is 12.9. The summed E-state index contributed by atoms with van der Waals surface area (Å²) in [5.74, 6) is -2.38. The van der Waals surface area contributed by atoms with Crippen molar-refractivity contribution in [3.05, 3.63) is 73.7 Å². The van der Waals surface area contributed by atoms with Crippen LogP contribution in [0.3, 0.4) is 0 Å². The molecule has 1 fully saturated rings. The number of rotatable bonds is 3. The molecule has 7 nitrogen and oxygen atoms in total. The third-order valence-electron chi connectivity index (χ3n) is 4.21. The fourth-order valence-electron chi connectivity index (χ4n) is 2.99. The molecule has 2 aromatic rings. The van der Waals surface area contributed by atoms with Gasteiger partial charge in [0.15, 0.2) is 0 Å². The normalized spacial score (nSPS) is 16.9. The molecule has 1 saturated heterocycles. The van der Waals surface area contributed by atoms with Crippen LogP contribution in [0.15, 0.2) is 35.3 Å². The van der Waals surface area contributed by atoms with Gasteiger partial charge >= 0.3 is 11.2 Å². The first-order valence-electron chi connectivity index (χ1n) is 7.48. The molecule has 0 bridgehead atoms. The van der Waals surface area contributed by atoms with Crippen molar-refractivity contribution >= 4 is 11.6 Å². The lowest BCUT2D eigenvalue weighted by molar-refractivity contribution is -0.386. The quantitative estimate of drug-likeness (QED) is 0.678. The van der Waals surface area contributed by atoms with E-state index in [0.717, 1.165) is 24.4 Å². The van der Waals surface area contributed by atoms with E-state index >= 15 is 0 Å². The van der Waals surface area contributed by atoms with Crippen molar-refractivity contribution in [2.45, 2.75) is 12.3 Å². The highest BCUT2D eigenvalue weighted by molar-refractivity contribution is 5.94. The molecule has 0 spiro atoms. The predicted octanol–water partition coefficient (Wildman–Crippen LogP) is 2.19. The first-order valence-corrected chi connectivity index (χ1v) is 7.48. The molecule has 1 N–H and O–H groups in total. The summed E-state index contributed by atoms with van der Waals surface area (Å²) in [4.78, 5) is 37.3. The van der Waals surface area contributed by atoms with Crippen molar-refractivity contribution in [1.29, 1.82) is 0 Å². The largest absolute Gasteiger partial charge is 0.338 e. The fraction of sp³-hybridized carbons (Fsp3) is 0.250. The van der Waals surface area contributed by atoms with Gasteiger partial charge in [0.1, 0.15) is 11.6 Å². The summed E-state index contributed by atoms with van der Waals surface area (Å²) in [6, 6.07) is 4.49. The smallest absolute Gasteiger partial charge is 0.334 e. The number of nitrogens with one attached hydrogen (secondary N) is 1. The lowest BCUT2D eigenvalue weighted by atomic mass is 9.97. The lowest BCUT2D eigenvalue weighted by Gasteiger charge is -2.17. The molecular weight excluding hydrogens is 336 g/mol. The molecule has 1 aliphatic rings. The number of pyridine rings is 1. The molecule has 2 heterocycles. The summed E-state index contributed by atoms with van der Waals surface area (Å²) in [6.07, 6.45) is 1.46. The number of amides is 1. The van der Waals surface area contributed by atoms with E-state index in [1.807, 2.05) is 0 Å². The minimum absolute atomic E-state index is 0.0547. The summed E-state index contributed by atoms with van der Waals surface area (Å²) in [5, 5.41) is 10.8. The number of likely N-dealkylation sites (tertiary alicyclic amines) is 1. The molecule has 0 saturated carbocycles. The molecule has 1 amide bonds. The number of nitro groups is 1. The van der Waals surface area contributed by atoms with Crippen molar-refractivity contribution in [1.82, 2.24) is 9.88 Å². The second kappa shape index (κ2) is 6.42. The van der Waals surface area contributed by atoms with Gasteiger partial charge in [-0.15, -0.1) is 0 Å². The van der Waals surface area contributed by atoms with Gasteiger partial charge in [0.05, 0.1) is 10.5 Å². The fourth-order valence-corrected chi connectivity index (χ4v) is 2.99. The zero-order valence-electron chi connectivity index (χ0n) is 12.9. The van der Waals surface area contributed by atoms with E-state index in [2.05, 4.69) is 4.98 Å². The van der Waals surface area contributed by atoms with Crippen LogP contribution in [0.2, 0.25) is 0 Å². The molecule has 0 unspecified atom stereocenters. The zero-order chi connectivity index (χ0) is 18.1. The summed E-state index contributed by atoms with van der Waals surface area (Å²) >= 11 is 0. The maximum absolute atomic E-state index is 13.9. The van der Waals surface area contributed by atoms with Gasteiger partial charge in [-0.3, -0.25) is 19.7 Å². The molecule has 0 radical (unpaired) electrons. The van der Waals surface area contributed by atoms with Crippen LogP contribution in [0.4, 0.5) is 14.5 Å². The molecule has 25 heavy (non-hydrogen) atoms. The third-order valence-corrected chi connectivity index (χ3v) is 4.21. The van der Waals surface area contributed by atoms with E-state index in [4.69, 9.17) is 0 Å². The number of carbonyl (C=O) groups is 1. The van der Waals surface area contributed by atoms with Gasteiger partial charge in [0.25, 0.3) is 5.91 Å². The van der Waals surface area contributed by atoms with Gasteiger partial charge in [-0.1, -0.05) is 6.07 Å². The molecule has 1 aliphatic heterocycles. The number of aromatic nitrogens is 1. The first-order chi connectivity index (χ1) is 11.9. The average Bonchev–Trinajstić information content (AvgIpc) is 3.04. The van der Waals surface area contributed by atoms with E-state index in [0.29, 0.717) is 6.42 Å². The SMILES string of the molecule is O=C(c1c[nH]c(=O)c([N+](=O)[O-])c1)N1CC[C@H](c2c(F)cccc2F)C1. The van der Waals surface area contributed by atoms with Crippen molar-refractivity contribution in [3.8, 4) is 0 Å². The van der Waals surface area contributed by atoms with Crippen LogP contribution in [-0.2, 0) is 0 Å². The molecule has 1 aromatic carbocycles. The van der Waals surface area contributed by atoms with Crippen LogP contribution in [-0.4, -0.2) is 33.8 Å². The Bertz CT molecular complexity index is 892. The van der Waals surface area contributed by atoms with Gasteiger partial charge in [-0.05, 0) is 18.6 Å². The molecule has 130 valence electrons. The number of carbonyl (C=O) groups excluding carboxylic acids is 1. The number of H-pyrrole nitrogens is 1. The van der Waals surface area contributed by atoms with Crippen LogP contribution < -0.4 is 5.56 Å². The molecule has 1 atom stereocenters. The topological polar surface area (TPSA) is 96.3 Å². The summed E-state index contributed by atoms with van der Waals surface area (Å²) in [7, 11) is 0. The Labute approximate surface area is 140 Å². The minimum atomic E-state index is -0.908. The Balaban J connectivity index is 1.83. The number of hydrogen-bond acceptors (Lipinski definition) is 4. The Kier molecular flexibility index (Phi) is 4.30. The van der Waals surface area contributed by atoms with Crippen molar-refractivity contribution < 1.29 is 18.5 Å². The van der Waals surface area contributed by atoms with E-state index in [-0.39, 0.29) is 24.2 Å². The van der Waals surface area contributed by atoms with E-state index in [1.165, 1.54) is 11.0 Å². The average molecular weight is 349 g/mol. The van der Waals surface area contributed by atoms with Gasteiger partial charge in [0.2, 0.25) is 0 Å². The van der Waals surface area contributed by atoms with Crippen molar-refractivity contribution in [2.24, 2.45) is 0 Å². The van der Waals surface area contributed by atoms with Crippen LogP contribution in [0.25, 0.3) is 0 Å². The van der Waals surface area contributed by atoms with Crippen molar-refractivity contribution in [2.75, 3.05) is 13.1 Å². The van der Waals surface area contributed by atoms with Crippen LogP contribution in [0, 0.1) is 21.7 Å². The highest BCUT2D eigenvalue weighted by atomic mass is 19.1. The maximum Gasteiger partial charge on any atom is 0.334 e. The molecule has 3 rings (SSSR count). The van der Waals surface area contributed by atoms with E-state index < -0.39 is 39.6 Å². The molecule has 9 heteroatoms. The number of halogens is 2. The number of benzene rings is 1. The van der Waals surface area contributed by atoms with Gasteiger partial charge in [-0.2, -0.15) is 0 Å². The number of aromatic amines is 1. The Morgan fingerprint density at radius 2 is 2.00 bits per heavy atom. The van der Waals surface area contributed by atoms with Gasteiger partial charge < -0.3 is 9.88 Å². The maximum atomic E-state index is 13.9. The Hall–Kier alpha value is -3.10. The van der Waals surface area contributed by atoms with E-state index in [1.54, 1.807) is 0 Å². The highest BCUT2D eigenvalue weighted by Crippen LogP contribution is 2.31.